The fraction of sp³-hybridized carbons (Fsp3) is 0.571. The Bertz CT molecular complexity index is 419. The summed E-state index contributed by atoms with van der Waals surface area (Å²) in [7, 11) is 0. The Balaban J connectivity index is 1.91. The van der Waals surface area contributed by atoms with Crippen molar-refractivity contribution in [2.24, 2.45) is 5.92 Å². The van der Waals surface area contributed by atoms with Gasteiger partial charge in [0.2, 0.25) is 0 Å². The first-order valence-corrected chi connectivity index (χ1v) is 6.95. The summed E-state index contributed by atoms with van der Waals surface area (Å²) in [6.45, 7) is 1.14. The smallest absolute Gasteiger partial charge is 0.0660 e. The van der Waals surface area contributed by atoms with Crippen LogP contribution in [-0.4, -0.2) is 12.6 Å². The predicted molar refractivity (Wildman–Crippen MR) is 73.6 cm³/mol. The van der Waals surface area contributed by atoms with Crippen LogP contribution in [0.25, 0.3) is 0 Å². The molecule has 92 valence electrons. The molecule has 2 N–H and O–H groups in total. The van der Waals surface area contributed by atoms with E-state index >= 15 is 0 Å². The summed E-state index contributed by atoms with van der Waals surface area (Å²) < 4.78 is 0. The molecule has 3 heteroatoms. The second-order valence-electron chi connectivity index (χ2n) is 5.30. The Hall–Kier alpha value is -0.890. The van der Waals surface area contributed by atoms with Crippen LogP contribution < -0.4 is 10.6 Å². The highest BCUT2D eigenvalue weighted by atomic mass is 35.5. The third-order valence-corrected chi connectivity index (χ3v) is 4.58. The number of hydrogen-bond acceptors (Lipinski definition) is 2. The van der Waals surface area contributed by atoms with Gasteiger partial charge in [0.15, 0.2) is 0 Å². The first-order chi connectivity index (χ1) is 8.25. The molecular weight excluding hydrogens is 232 g/mol. The first kappa shape index (κ1) is 11.2. The Labute approximate surface area is 108 Å². The molecule has 2 atom stereocenters. The van der Waals surface area contributed by atoms with Gasteiger partial charge in [-0.2, -0.15) is 0 Å². The molecular formula is C14H19ClN2. The number of piperidine rings is 1. The lowest BCUT2D eigenvalue weighted by Crippen LogP contribution is -2.42. The Kier molecular flexibility index (Phi) is 2.91. The zero-order valence-corrected chi connectivity index (χ0v) is 10.8. The molecule has 0 spiro atoms. The highest BCUT2D eigenvalue weighted by Gasteiger charge is 2.35. The van der Waals surface area contributed by atoms with E-state index in [-0.39, 0.29) is 0 Å². The van der Waals surface area contributed by atoms with Crippen molar-refractivity contribution in [2.75, 3.05) is 17.2 Å². The fourth-order valence-electron chi connectivity index (χ4n) is 3.51. The second kappa shape index (κ2) is 4.41. The van der Waals surface area contributed by atoms with Gasteiger partial charge in [0.05, 0.1) is 10.7 Å². The lowest BCUT2D eigenvalue weighted by atomic mass is 9.91. The topological polar surface area (TPSA) is 29.3 Å². The molecule has 1 heterocycles. The summed E-state index contributed by atoms with van der Waals surface area (Å²) in [6.07, 6.45) is 6.78. The van der Waals surface area contributed by atoms with Crippen LogP contribution in [0.5, 0.6) is 0 Å². The number of nitrogens with two attached hydrogens (primary N) is 1. The summed E-state index contributed by atoms with van der Waals surface area (Å²) in [5, 5.41) is 0.803. The highest BCUT2D eigenvalue weighted by Crippen LogP contribution is 2.41. The maximum Gasteiger partial charge on any atom is 0.0660 e. The van der Waals surface area contributed by atoms with Crippen molar-refractivity contribution in [3.63, 3.8) is 0 Å². The van der Waals surface area contributed by atoms with Crippen molar-refractivity contribution in [3.05, 3.63) is 23.2 Å². The predicted octanol–water partition coefficient (Wildman–Crippen LogP) is 3.69. The fourth-order valence-corrected chi connectivity index (χ4v) is 3.81. The van der Waals surface area contributed by atoms with Crippen LogP contribution in [0.1, 0.15) is 32.1 Å². The van der Waals surface area contributed by atoms with Crippen molar-refractivity contribution >= 4 is 23.0 Å². The van der Waals surface area contributed by atoms with E-state index in [0.29, 0.717) is 6.04 Å². The van der Waals surface area contributed by atoms with E-state index in [1.165, 1.54) is 37.8 Å². The minimum atomic E-state index is 0.713. The zero-order valence-electron chi connectivity index (χ0n) is 10.0. The molecule has 2 nitrogen and oxygen atoms in total. The van der Waals surface area contributed by atoms with Gasteiger partial charge in [-0.25, -0.2) is 0 Å². The van der Waals surface area contributed by atoms with Crippen molar-refractivity contribution in [1.82, 2.24) is 0 Å². The molecule has 1 aromatic rings. The van der Waals surface area contributed by atoms with Gasteiger partial charge in [-0.05, 0) is 49.8 Å². The lowest BCUT2D eigenvalue weighted by Gasteiger charge is -2.40. The van der Waals surface area contributed by atoms with Crippen LogP contribution in [0.4, 0.5) is 11.4 Å². The monoisotopic (exact) mass is 250 g/mol. The summed E-state index contributed by atoms with van der Waals surface area (Å²) in [6, 6.07) is 6.62. The average molecular weight is 251 g/mol. The molecule has 2 unspecified atom stereocenters. The number of anilines is 2. The van der Waals surface area contributed by atoms with E-state index in [1.54, 1.807) is 0 Å². The van der Waals surface area contributed by atoms with Gasteiger partial charge < -0.3 is 10.6 Å². The van der Waals surface area contributed by atoms with Gasteiger partial charge in [-0.3, -0.25) is 0 Å². The Morgan fingerprint density at radius 3 is 2.82 bits per heavy atom. The molecule has 1 aliphatic heterocycles. The van der Waals surface area contributed by atoms with Gasteiger partial charge in [-0.1, -0.05) is 18.0 Å². The van der Waals surface area contributed by atoms with Crippen LogP contribution in [0.2, 0.25) is 5.02 Å². The van der Waals surface area contributed by atoms with Crippen LogP contribution >= 0.6 is 11.6 Å². The number of rotatable bonds is 1. The van der Waals surface area contributed by atoms with Crippen LogP contribution in [-0.2, 0) is 0 Å². The van der Waals surface area contributed by atoms with Gasteiger partial charge in [0, 0.05) is 18.3 Å². The number of fused-ring (bicyclic) bond motifs is 1. The largest absolute Gasteiger partial charge is 0.399 e. The Morgan fingerprint density at radius 1 is 1.18 bits per heavy atom. The van der Waals surface area contributed by atoms with Gasteiger partial charge in [0.1, 0.15) is 0 Å². The minimum absolute atomic E-state index is 0.713. The molecule has 2 fully saturated rings. The third-order valence-electron chi connectivity index (χ3n) is 4.27. The molecule has 1 saturated carbocycles. The average Bonchev–Trinajstić information content (AvgIpc) is 2.77. The van der Waals surface area contributed by atoms with Crippen molar-refractivity contribution in [2.45, 2.75) is 38.1 Å². The molecule has 1 saturated heterocycles. The molecule has 17 heavy (non-hydrogen) atoms. The van der Waals surface area contributed by atoms with Crippen LogP contribution in [0.15, 0.2) is 18.2 Å². The number of hydrogen-bond donors (Lipinski definition) is 1. The zero-order chi connectivity index (χ0) is 11.8. The molecule has 0 bridgehead atoms. The van der Waals surface area contributed by atoms with E-state index < -0.39 is 0 Å². The van der Waals surface area contributed by atoms with Crippen molar-refractivity contribution in [1.29, 1.82) is 0 Å². The molecule has 1 aromatic carbocycles. The number of benzene rings is 1. The van der Waals surface area contributed by atoms with Gasteiger partial charge in [-0.15, -0.1) is 0 Å². The maximum absolute atomic E-state index is 6.33. The molecule has 1 aliphatic carbocycles. The molecule has 2 aliphatic rings. The number of halogens is 1. The molecule has 0 aromatic heterocycles. The van der Waals surface area contributed by atoms with Crippen LogP contribution in [0.3, 0.4) is 0 Å². The summed E-state index contributed by atoms with van der Waals surface area (Å²) in [5.41, 5.74) is 7.69. The SMILES string of the molecule is Nc1ccc(N2CCCC3CCCC32)c(Cl)c1. The number of nitrogen functional groups attached to an aromatic ring is 1. The maximum atomic E-state index is 6.33. The summed E-state index contributed by atoms with van der Waals surface area (Å²) in [5.74, 6) is 0.886. The van der Waals surface area contributed by atoms with E-state index in [1.807, 2.05) is 12.1 Å². The lowest BCUT2D eigenvalue weighted by molar-refractivity contribution is 0.362. The summed E-state index contributed by atoms with van der Waals surface area (Å²) in [4.78, 5) is 2.52. The van der Waals surface area contributed by atoms with E-state index in [9.17, 15) is 0 Å². The highest BCUT2D eigenvalue weighted by molar-refractivity contribution is 6.33. The van der Waals surface area contributed by atoms with Crippen molar-refractivity contribution < 1.29 is 0 Å². The van der Waals surface area contributed by atoms with E-state index in [2.05, 4.69) is 11.0 Å². The minimum Gasteiger partial charge on any atom is -0.399 e. The quantitative estimate of drug-likeness (QED) is 0.771. The van der Waals surface area contributed by atoms with Gasteiger partial charge in [0.25, 0.3) is 0 Å². The van der Waals surface area contributed by atoms with E-state index in [0.717, 1.165) is 23.2 Å². The summed E-state index contributed by atoms with van der Waals surface area (Å²) >= 11 is 6.33. The Morgan fingerprint density at radius 2 is 2.00 bits per heavy atom. The van der Waals surface area contributed by atoms with Crippen molar-refractivity contribution in [3.8, 4) is 0 Å². The standard InChI is InChI=1S/C14H19ClN2/c15-12-9-11(16)6-7-14(12)17-8-2-4-10-3-1-5-13(10)17/h6-7,9-10,13H,1-5,8,16H2. The molecule has 0 amide bonds. The molecule has 0 radical (unpaired) electrons. The third kappa shape index (κ3) is 1.99. The number of nitrogens with zero attached hydrogens (tertiary/aromatic N) is 1. The second-order valence-corrected chi connectivity index (χ2v) is 5.71. The first-order valence-electron chi connectivity index (χ1n) is 6.57. The normalized spacial score (nSPS) is 28.2. The van der Waals surface area contributed by atoms with E-state index in [4.69, 9.17) is 17.3 Å². The van der Waals surface area contributed by atoms with Crippen LogP contribution in [0, 0.1) is 5.92 Å². The van der Waals surface area contributed by atoms with Gasteiger partial charge >= 0.3 is 0 Å². The molecule has 3 rings (SSSR count).